The summed E-state index contributed by atoms with van der Waals surface area (Å²) >= 11 is 3.27. The lowest BCUT2D eigenvalue weighted by Gasteiger charge is -2.05. The van der Waals surface area contributed by atoms with Crippen molar-refractivity contribution in [3.05, 3.63) is 63.1 Å². The summed E-state index contributed by atoms with van der Waals surface area (Å²) in [6.45, 7) is 0. The van der Waals surface area contributed by atoms with E-state index < -0.39 is 0 Å². The Kier molecular flexibility index (Phi) is 4.01. The van der Waals surface area contributed by atoms with Gasteiger partial charge in [-0.3, -0.25) is 0 Å². The summed E-state index contributed by atoms with van der Waals surface area (Å²) in [5, 5.41) is 3.99. The number of nitrogens with zero attached hydrogens (tertiary/aromatic N) is 2. The Labute approximate surface area is 142 Å². The van der Waals surface area contributed by atoms with E-state index in [0.29, 0.717) is 0 Å². The van der Waals surface area contributed by atoms with Crippen LogP contribution in [0.5, 0.6) is 0 Å². The minimum atomic E-state index is -0.239. The van der Waals surface area contributed by atoms with Gasteiger partial charge in [0.25, 0.3) is 0 Å². The van der Waals surface area contributed by atoms with Crippen molar-refractivity contribution in [2.45, 2.75) is 30.0 Å². The minimum absolute atomic E-state index is 0.239. The molecule has 0 bridgehead atoms. The first-order valence-electron chi connectivity index (χ1n) is 7.54. The molecule has 1 aliphatic rings. The lowest BCUT2D eigenvalue weighted by molar-refractivity contribution is 0.895. The molecule has 1 aliphatic carbocycles. The van der Waals surface area contributed by atoms with E-state index in [9.17, 15) is 4.79 Å². The summed E-state index contributed by atoms with van der Waals surface area (Å²) in [7, 11) is 0. The number of rotatable bonds is 4. The van der Waals surface area contributed by atoms with Gasteiger partial charge in [0.05, 0.1) is 5.69 Å². The average molecular weight is 341 g/mol. The van der Waals surface area contributed by atoms with Gasteiger partial charge in [-0.25, -0.2) is 9.78 Å². The Morgan fingerprint density at radius 2 is 2.04 bits per heavy atom. The monoisotopic (exact) mass is 341 g/mol. The maximum Gasteiger partial charge on any atom is 0.346 e. The standard InChI is InChI=1S/C17H15N3OS2/c21-17-19-14-8-4-7-13(14)16(20-17)23-10-12-9-22-15(18-12)11-5-2-1-3-6-11/h1-3,5-6,9H,4,7-8,10H2,(H,19,20,21). The molecule has 2 aromatic heterocycles. The number of aryl methyl sites for hydroxylation is 1. The third-order valence-corrected chi connectivity index (χ3v) is 5.86. The first kappa shape index (κ1) is 14.7. The van der Waals surface area contributed by atoms with Crippen LogP contribution in [-0.2, 0) is 18.6 Å². The zero-order valence-electron chi connectivity index (χ0n) is 12.4. The van der Waals surface area contributed by atoms with Crippen LogP contribution < -0.4 is 5.69 Å². The number of hydrogen-bond donors (Lipinski definition) is 1. The Balaban J connectivity index is 1.52. The van der Waals surface area contributed by atoms with E-state index in [-0.39, 0.29) is 5.69 Å². The summed E-state index contributed by atoms with van der Waals surface area (Å²) in [4.78, 5) is 23.4. The van der Waals surface area contributed by atoms with Gasteiger partial charge in [0.2, 0.25) is 0 Å². The number of thiazole rings is 1. The van der Waals surface area contributed by atoms with Crippen molar-refractivity contribution < 1.29 is 0 Å². The molecule has 0 aliphatic heterocycles. The Bertz CT molecular complexity index is 886. The summed E-state index contributed by atoms with van der Waals surface area (Å²) in [5.41, 5.74) is 4.22. The highest BCUT2D eigenvalue weighted by Crippen LogP contribution is 2.31. The number of H-pyrrole nitrogens is 1. The van der Waals surface area contributed by atoms with E-state index >= 15 is 0 Å². The van der Waals surface area contributed by atoms with Crippen LogP contribution in [0.1, 0.15) is 23.4 Å². The second-order valence-electron chi connectivity index (χ2n) is 5.46. The van der Waals surface area contributed by atoms with Gasteiger partial charge in [-0.15, -0.1) is 11.3 Å². The second-order valence-corrected chi connectivity index (χ2v) is 7.28. The highest BCUT2D eigenvalue weighted by Gasteiger charge is 2.18. The highest BCUT2D eigenvalue weighted by atomic mass is 32.2. The number of nitrogens with one attached hydrogen (secondary N) is 1. The van der Waals surface area contributed by atoms with Gasteiger partial charge < -0.3 is 4.98 Å². The van der Waals surface area contributed by atoms with E-state index in [4.69, 9.17) is 4.98 Å². The lowest BCUT2D eigenvalue weighted by atomic mass is 10.2. The minimum Gasteiger partial charge on any atom is -0.309 e. The summed E-state index contributed by atoms with van der Waals surface area (Å²) in [6, 6.07) is 10.2. The molecular formula is C17H15N3OS2. The maximum atomic E-state index is 11.7. The number of aromatic amines is 1. The van der Waals surface area contributed by atoms with Gasteiger partial charge in [0.1, 0.15) is 10.0 Å². The van der Waals surface area contributed by atoms with Crippen molar-refractivity contribution >= 4 is 23.1 Å². The van der Waals surface area contributed by atoms with E-state index in [1.165, 1.54) is 5.56 Å². The number of thioether (sulfide) groups is 1. The molecule has 6 heteroatoms. The van der Waals surface area contributed by atoms with Gasteiger partial charge in [0.15, 0.2) is 0 Å². The maximum absolute atomic E-state index is 11.7. The van der Waals surface area contributed by atoms with Gasteiger partial charge in [-0.05, 0) is 19.3 Å². The van der Waals surface area contributed by atoms with Crippen LogP contribution in [-0.4, -0.2) is 15.0 Å². The fourth-order valence-electron chi connectivity index (χ4n) is 2.78. The summed E-state index contributed by atoms with van der Waals surface area (Å²) in [5.74, 6) is 0.742. The fraction of sp³-hybridized carbons (Fsp3) is 0.235. The summed E-state index contributed by atoms with van der Waals surface area (Å²) in [6.07, 6.45) is 3.06. The average Bonchev–Trinajstić information content (AvgIpc) is 3.22. The SMILES string of the molecule is O=c1nc(SCc2csc(-c3ccccc3)n2)c2c([nH]1)CCC2. The van der Waals surface area contributed by atoms with Gasteiger partial charge >= 0.3 is 5.69 Å². The first-order valence-corrected chi connectivity index (χ1v) is 9.41. The van der Waals surface area contributed by atoms with Crippen LogP contribution in [0, 0.1) is 0 Å². The summed E-state index contributed by atoms with van der Waals surface area (Å²) < 4.78 is 0. The van der Waals surface area contributed by atoms with E-state index in [1.54, 1.807) is 23.1 Å². The molecule has 0 amide bonds. The Hall–Kier alpha value is -1.92. The molecule has 0 fully saturated rings. The molecular weight excluding hydrogens is 326 g/mol. The second kappa shape index (κ2) is 6.29. The van der Waals surface area contributed by atoms with Crippen LogP contribution >= 0.6 is 23.1 Å². The molecule has 3 aromatic rings. The third kappa shape index (κ3) is 3.09. The van der Waals surface area contributed by atoms with Crippen molar-refractivity contribution in [2.75, 3.05) is 0 Å². The Morgan fingerprint density at radius 1 is 1.17 bits per heavy atom. The van der Waals surface area contributed by atoms with Crippen LogP contribution in [0.15, 0.2) is 45.5 Å². The number of hydrogen-bond acceptors (Lipinski definition) is 5. The molecule has 0 unspecified atom stereocenters. The van der Waals surface area contributed by atoms with Crippen LogP contribution in [0.4, 0.5) is 0 Å². The van der Waals surface area contributed by atoms with Crippen molar-refractivity contribution in [1.82, 2.24) is 15.0 Å². The number of fused-ring (bicyclic) bond motifs is 1. The van der Waals surface area contributed by atoms with Gasteiger partial charge in [-0.1, -0.05) is 42.1 Å². The molecule has 116 valence electrons. The van der Waals surface area contributed by atoms with Gasteiger partial charge in [-0.2, -0.15) is 4.98 Å². The van der Waals surface area contributed by atoms with Crippen LogP contribution in [0.3, 0.4) is 0 Å². The molecule has 1 N–H and O–H groups in total. The van der Waals surface area contributed by atoms with E-state index in [2.05, 4.69) is 27.5 Å². The highest BCUT2D eigenvalue weighted by molar-refractivity contribution is 7.98. The van der Waals surface area contributed by atoms with E-state index in [0.717, 1.165) is 52.0 Å². The molecule has 4 rings (SSSR count). The molecule has 4 nitrogen and oxygen atoms in total. The zero-order chi connectivity index (χ0) is 15.6. The normalized spacial score (nSPS) is 13.2. The van der Waals surface area contributed by atoms with Gasteiger partial charge in [0, 0.05) is 28.0 Å². The first-order chi connectivity index (χ1) is 11.3. The molecule has 0 radical (unpaired) electrons. The van der Waals surface area contributed by atoms with Crippen LogP contribution in [0.2, 0.25) is 0 Å². The predicted molar refractivity (Wildman–Crippen MR) is 94.0 cm³/mol. The van der Waals surface area contributed by atoms with Crippen molar-refractivity contribution in [3.8, 4) is 10.6 Å². The molecule has 1 aromatic carbocycles. The molecule has 0 saturated heterocycles. The third-order valence-electron chi connectivity index (χ3n) is 3.87. The molecule has 23 heavy (non-hydrogen) atoms. The molecule has 2 heterocycles. The van der Waals surface area contributed by atoms with Crippen molar-refractivity contribution in [2.24, 2.45) is 0 Å². The van der Waals surface area contributed by atoms with Crippen LogP contribution in [0.25, 0.3) is 10.6 Å². The van der Waals surface area contributed by atoms with Crippen molar-refractivity contribution in [3.63, 3.8) is 0 Å². The molecule has 0 atom stereocenters. The Morgan fingerprint density at radius 3 is 2.91 bits per heavy atom. The smallest absolute Gasteiger partial charge is 0.309 e. The quantitative estimate of drug-likeness (QED) is 0.581. The number of benzene rings is 1. The largest absolute Gasteiger partial charge is 0.346 e. The van der Waals surface area contributed by atoms with E-state index in [1.807, 2.05) is 18.2 Å². The molecule has 0 spiro atoms. The predicted octanol–water partition coefficient (Wildman–Crippen LogP) is 3.67. The lowest BCUT2D eigenvalue weighted by Crippen LogP contribution is -2.14. The van der Waals surface area contributed by atoms with Crippen molar-refractivity contribution in [1.29, 1.82) is 0 Å². The zero-order valence-corrected chi connectivity index (χ0v) is 14.0. The molecule has 0 saturated carbocycles. The number of aromatic nitrogens is 3. The topological polar surface area (TPSA) is 58.6 Å². The fourth-order valence-corrected chi connectivity index (χ4v) is 4.69.